The molecule has 4 heteroatoms. The molecule has 0 spiro atoms. The van der Waals surface area contributed by atoms with E-state index in [1.165, 1.54) is 5.57 Å². The van der Waals surface area contributed by atoms with Gasteiger partial charge >= 0.3 is 0 Å². The lowest BCUT2D eigenvalue weighted by atomic mass is 9.43. The molecule has 4 aliphatic rings. The van der Waals surface area contributed by atoms with Crippen LogP contribution in [0.1, 0.15) is 72.1 Å². The number of oxime groups is 1. The first kappa shape index (κ1) is 17.3. The number of ketones is 1. The topological polar surface area (TPSA) is 75.7 Å². The third kappa shape index (κ3) is 2.16. The van der Waals surface area contributed by atoms with Crippen molar-refractivity contribution in [2.45, 2.75) is 77.7 Å². The van der Waals surface area contributed by atoms with Crippen molar-refractivity contribution in [1.29, 1.82) is 0 Å². The van der Waals surface area contributed by atoms with E-state index in [2.05, 4.69) is 19.0 Å². The minimum Gasteiger partial charge on any atom is -0.411 e. The molecule has 0 heterocycles. The van der Waals surface area contributed by atoms with Crippen LogP contribution in [0.25, 0.3) is 0 Å². The molecule has 0 amide bonds. The number of nitrogens with two attached hydrogens (primary N) is 1. The van der Waals surface area contributed by atoms with Crippen molar-refractivity contribution in [2.75, 3.05) is 0 Å². The van der Waals surface area contributed by atoms with E-state index in [9.17, 15) is 10.0 Å². The van der Waals surface area contributed by atoms with Gasteiger partial charge in [0, 0.05) is 17.9 Å². The smallest absolute Gasteiger partial charge is 0.155 e. The summed E-state index contributed by atoms with van der Waals surface area (Å²) in [6.45, 7) is 6.71. The van der Waals surface area contributed by atoms with Crippen LogP contribution in [0.2, 0.25) is 0 Å². The lowest BCUT2D eigenvalue weighted by Crippen LogP contribution is -2.66. The fraction of sp³-hybridized carbons (Fsp3) is 0.810. The van der Waals surface area contributed by atoms with Gasteiger partial charge in [-0.1, -0.05) is 24.6 Å². The van der Waals surface area contributed by atoms with Gasteiger partial charge in [-0.2, -0.15) is 0 Å². The van der Waals surface area contributed by atoms with Crippen LogP contribution in [0.3, 0.4) is 0 Å². The summed E-state index contributed by atoms with van der Waals surface area (Å²) in [5.41, 5.74) is 9.58. The maximum atomic E-state index is 11.9. The van der Waals surface area contributed by atoms with Gasteiger partial charge in [-0.25, -0.2) is 0 Å². The highest BCUT2D eigenvalue weighted by Crippen LogP contribution is 2.67. The molecule has 25 heavy (non-hydrogen) atoms. The molecule has 0 aromatic heterocycles. The number of rotatable bonds is 1. The third-order valence-corrected chi connectivity index (χ3v) is 8.82. The highest BCUT2D eigenvalue weighted by Gasteiger charge is 2.64. The van der Waals surface area contributed by atoms with Crippen molar-refractivity contribution in [2.24, 2.45) is 39.5 Å². The molecule has 3 saturated carbocycles. The molecule has 3 N–H and O–H groups in total. The van der Waals surface area contributed by atoms with Gasteiger partial charge in [0.1, 0.15) is 0 Å². The Morgan fingerprint density at radius 3 is 2.64 bits per heavy atom. The van der Waals surface area contributed by atoms with Crippen molar-refractivity contribution >= 4 is 11.5 Å². The van der Waals surface area contributed by atoms with E-state index in [4.69, 9.17) is 5.73 Å². The van der Waals surface area contributed by atoms with Crippen molar-refractivity contribution < 1.29 is 10.0 Å². The molecule has 3 fully saturated rings. The lowest BCUT2D eigenvalue weighted by Gasteiger charge is -2.63. The maximum absolute atomic E-state index is 11.9. The Kier molecular flexibility index (Phi) is 3.74. The summed E-state index contributed by atoms with van der Waals surface area (Å²) >= 11 is 0. The summed E-state index contributed by atoms with van der Waals surface area (Å²) in [7, 11) is 0. The van der Waals surface area contributed by atoms with Crippen LogP contribution in [-0.2, 0) is 4.79 Å². The quantitative estimate of drug-likeness (QED) is 0.428. The zero-order valence-corrected chi connectivity index (χ0v) is 15.8. The molecule has 2 unspecified atom stereocenters. The van der Waals surface area contributed by atoms with Crippen molar-refractivity contribution in [3.05, 3.63) is 11.6 Å². The van der Waals surface area contributed by atoms with Gasteiger partial charge in [-0.3, -0.25) is 4.79 Å². The third-order valence-electron chi connectivity index (χ3n) is 8.82. The Morgan fingerprint density at radius 2 is 1.92 bits per heavy atom. The van der Waals surface area contributed by atoms with Crippen molar-refractivity contribution in [3.63, 3.8) is 0 Å². The van der Waals surface area contributed by atoms with Gasteiger partial charge < -0.3 is 10.9 Å². The summed E-state index contributed by atoms with van der Waals surface area (Å²) in [6.07, 6.45) is 10.0. The van der Waals surface area contributed by atoms with Gasteiger partial charge in [0.05, 0.1) is 5.71 Å². The van der Waals surface area contributed by atoms with Crippen LogP contribution in [0, 0.1) is 28.6 Å². The minimum absolute atomic E-state index is 0.0977. The highest BCUT2D eigenvalue weighted by molar-refractivity contribution is 5.91. The standard InChI is InChI=1S/C21H32N2O2/c1-13(23-25)16-4-5-17-20(16,3)10-8-18-19(2)9-7-15(24)12-14(19)6-11-21(17,18)22/h12,16-18,25H,4-11,22H2,1-3H3/b23-13+/t16-,17?,18?,19+,20-,21-/m1/s1. The Morgan fingerprint density at radius 1 is 1.16 bits per heavy atom. The fourth-order valence-electron chi connectivity index (χ4n) is 7.53. The van der Waals surface area contributed by atoms with Gasteiger partial charge in [0.25, 0.3) is 0 Å². The van der Waals surface area contributed by atoms with Crippen LogP contribution in [-0.4, -0.2) is 22.2 Å². The predicted molar refractivity (Wildman–Crippen MR) is 98.5 cm³/mol. The first-order valence-corrected chi connectivity index (χ1v) is 9.97. The minimum atomic E-state index is -0.149. The average molecular weight is 344 g/mol. The van der Waals surface area contributed by atoms with Crippen LogP contribution in [0.15, 0.2) is 16.8 Å². The largest absolute Gasteiger partial charge is 0.411 e. The molecule has 0 aromatic rings. The molecule has 0 aromatic carbocycles. The molecule has 138 valence electrons. The number of allylic oxidation sites excluding steroid dienone is 1. The SMILES string of the molecule is C/C(=N\O)[C@H]1CCC2[C@]3(N)CCC4=CC(=O)CC[C@]4(C)C3CC[C@@]21C. The second-order valence-electron chi connectivity index (χ2n) is 9.69. The molecule has 4 aliphatic carbocycles. The van der Waals surface area contributed by atoms with Crippen LogP contribution >= 0.6 is 0 Å². The molecule has 0 radical (unpaired) electrons. The number of fused-ring (bicyclic) bond motifs is 5. The first-order valence-electron chi connectivity index (χ1n) is 9.97. The Labute approximate surface area is 150 Å². The number of nitrogens with zero attached hydrogens (tertiary/aromatic N) is 1. The average Bonchev–Trinajstić information content (AvgIpc) is 2.93. The molecular formula is C21H32N2O2. The number of hydrogen-bond donors (Lipinski definition) is 2. The van der Waals surface area contributed by atoms with Gasteiger partial charge in [0.15, 0.2) is 5.78 Å². The van der Waals surface area contributed by atoms with Gasteiger partial charge in [0.2, 0.25) is 0 Å². The molecule has 4 rings (SSSR count). The van der Waals surface area contributed by atoms with E-state index in [1.54, 1.807) is 0 Å². The Bertz CT molecular complexity index is 669. The predicted octanol–water partition coefficient (Wildman–Crippen LogP) is 4.07. The van der Waals surface area contributed by atoms with Crippen molar-refractivity contribution in [1.82, 2.24) is 0 Å². The molecule has 0 bridgehead atoms. The first-order chi connectivity index (χ1) is 11.8. The zero-order chi connectivity index (χ0) is 18.0. The van der Waals surface area contributed by atoms with Crippen molar-refractivity contribution in [3.8, 4) is 0 Å². The van der Waals surface area contributed by atoms with Crippen LogP contribution < -0.4 is 5.73 Å². The number of carbonyl (C=O) groups is 1. The zero-order valence-electron chi connectivity index (χ0n) is 15.8. The Balaban J connectivity index is 1.73. The van der Waals surface area contributed by atoms with E-state index in [0.717, 1.165) is 50.7 Å². The second-order valence-corrected chi connectivity index (χ2v) is 9.69. The summed E-state index contributed by atoms with van der Waals surface area (Å²) in [5.74, 6) is 1.60. The molecular weight excluding hydrogens is 312 g/mol. The number of hydrogen-bond acceptors (Lipinski definition) is 4. The summed E-state index contributed by atoms with van der Waals surface area (Å²) in [5, 5.41) is 12.9. The highest BCUT2D eigenvalue weighted by atomic mass is 16.4. The molecule has 6 atom stereocenters. The van der Waals surface area contributed by atoms with Crippen LogP contribution in [0.5, 0.6) is 0 Å². The monoisotopic (exact) mass is 344 g/mol. The van der Waals surface area contributed by atoms with E-state index in [0.29, 0.717) is 30.0 Å². The summed E-state index contributed by atoms with van der Waals surface area (Å²) < 4.78 is 0. The molecule has 0 aliphatic heterocycles. The van der Waals surface area contributed by atoms with E-state index in [-0.39, 0.29) is 16.4 Å². The van der Waals surface area contributed by atoms with E-state index < -0.39 is 0 Å². The second kappa shape index (κ2) is 5.42. The normalized spacial score (nSPS) is 49.9. The molecule has 0 saturated heterocycles. The molecule has 4 nitrogen and oxygen atoms in total. The lowest BCUT2D eigenvalue weighted by molar-refractivity contribution is -0.118. The summed E-state index contributed by atoms with van der Waals surface area (Å²) in [6, 6.07) is 0. The number of carbonyl (C=O) groups excluding carboxylic acids is 1. The van der Waals surface area contributed by atoms with E-state index in [1.807, 2.05) is 13.0 Å². The van der Waals surface area contributed by atoms with E-state index >= 15 is 0 Å². The van der Waals surface area contributed by atoms with Crippen LogP contribution in [0.4, 0.5) is 0 Å². The van der Waals surface area contributed by atoms with Gasteiger partial charge in [-0.05, 0) is 80.6 Å². The fourth-order valence-corrected chi connectivity index (χ4v) is 7.53. The Hall–Kier alpha value is -1.16. The van der Waals surface area contributed by atoms with Gasteiger partial charge in [-0.15, -0.1) is 0 Å². The summed E-state index contributed by atoms with van der Waals surface area (Å²) in [4.78, 5) is 11.9. The maximum Gasteiger partial charge on any atom is 0.155 e.